The number of fused-ring (bicyclic) bond motifs is 1. The lowest BCUT2D eigenvalue weighted by atomic mass is 9.88. The predicted octanol–water partition coefficient (Wildman–Crippen LogP) is 7.26. The van der Waals surface area contributed by atoms with Crippen molar-refractivity contribution in [3.05, 3.63) is 90.1 Å². The Balaban J connectivity index is 1.41. The second-order valence-electron chi connectivity index (χ2n) is 9.49. The number of carbonyl (C=O) groups excluding carboxylic acids is 2. The highest BCUT2D eigenvalue weighted by Gasteiger charge is 2.27. The minimum Gasteiger partial charge on any atom is -0.466 e. The SMILES string of the molecule is COC(=O)/C=C/c1cccc(N(Cc2ccc(-c3ccc4sncc4c3)cc2)C(=O)C2CCCCC2)c1. The van der Waals surface area contributed by atoms with E-state index in [1.54, 1.807) is 6.08 Å². The summed E-state index contributed by atoms with van der Waals surface area (Å²) in [7, 11) is 1.36. The third kappa shape index (κ3) is 5.97. The van der Waals surface area contributed by atoms with Gasteiger partial charge in [0.25, 0.3) is 0 Å². The fourth-order valence-corrected chi connectivity index (χ4v) is 5.56. The average Bonchev–Trinajstić information content (AvgIpc) is 3.43. The molecule has 0 unspecified atom stereocenters. The van der Waals surface area contributed by atoms with Gasteiger partial charge >= 0.3 is 5.97 Å². The summed E-state index contributed by atoms with van der Waals surface area (Å²) in [6.07, 6.45) is 10.3. The zero-order valence-electron chi connectivity index (χ0n) is 20.9. The van der Waals surface area contributed by atoms with Crippen molar-refractivity contribution in [2.75, 3.05) is 12.0 Å². The number of hydrogen-bond donors (Lipinski definition) is 0. The molecule has 1 amide bonds. The van der Waals surface area contributed by atoms with E-state index in [0.29, 0.717) is 6.54 Å². The molecule has 0 bridgehead atoms. The second-order valence-corrected chi connectivity index (χ2v) is 10.3. The summed E-state index contributed by atoms with van der Waals surface area (Å²) in [5, 5.41) is 1.15. The van der Waals surface area contributed by atoms with Crippen molar-refractivity contribution < 1.29 is 14.3 Å². The molecule has 4 aromatic rings. The van der Waals surface area contributed by atoms with E-state index in [4.69, 9.17) is 4.74 Å². The van der Waals surface area contributed by atoms with Crippen molar-refractivity contribution in [1.29, 1.82) is 0 Å². The van der Waals surface area contributed by atoms with Gasteiger partial charge in [-0.05, 0) is 77.0 Å². The normalized spacial score (nSPS) is 14.2. The Bertz CT molecular complexity index is 1420. The third-order valence-electron chi connectivity index (χ3n) is 7.00. The summed E-state index contributed by atoms with van der Waals surface area (Å²) in [5.41, 5.74) is 5.04. The van der Waals surface area contributed by atoms with Crippen LogP contribution in [-0.4, -0.2) is 23.4 Å². The fraction of sp³-hybridized carbons (Fsp3) is 0.258. The highest BCUT2D eigenvalue weighted by molar-refractivity contribution is 7.13. The highest BCUT2D eigenvalue weighted by Crippen LogP contribution is 2.30. The molecule has 1 aliphatic rings. The Morgan fingerprint density at radius 2 is 1.78 bits per heavy atom. The Morgan fingerprint density at radius 3 is 2.57 bits per heavy atom. The van der Waals surface area contributed by atoms with Gasteiger partial charge in [-0.25, -0.2) is 4.79 Å². The highest BCUT2D eigenvalue weighted by atomic mass is 32.1. The maximum Gasteiger partial charge on any atom is 0.330 e. The number of methoxy groups -OCH3 is 1. The van der Waals surface area contributed by atoms with Crippen molar-refractivity contribution >= 4 is 45.3 Å². The summed E-state index contributed by atoms with van der Waals surface area (Å²) in [5.74, 6) is -0.184. The topological polar surface area (TPSA) is 59.5 Å². The fourth-order valence-electron chi connectivity index (χ4n) is 4.93. The van der Waals surface area contributed by atoms with E-state index in [0.717, 1.165) is 59.0 Å². The molecule has 188 valence electrons. The van der Waals surface area contributed by atoms with Crippen LogP contribution >= 0.6 is 11.5 Å². The van der Waals surface area contributed by atoms with Crippen molar-refractivity contribution in [2.45, 2.75) is 38.6 Å². The Hall–Kier alpha value is -3.77. The number of aromatic nitrogens is 1. The van der Waals surface area contributed by atoms with E-state index < -0.39 is 5.97 Å². The van der Waals surface area contributed by atoms with Gasteiger partial charge in [0.2, 0.25) is 5.91 Å². The number of anilines is 1. The van der Waals surface area contributed by atoms with E-state index in [9.17, 15) is 9.59 Å². The number of esters is 1. The van der Waals surface area contributed by atoms with Crippen LogP contribution in [0.15, 0.2) is 79.0 Å². The molecule has 1 heterocycles. The molecule has 5 nitrogen and oxygen atoms in total. The summed E-state index contributed by atoms with van der Waals surface area (Å²) in [6.45, 7) is 0.493. The number of ether oxygens (including phenoxy) is 1. The first-order chi connectivity index (χ1) is 18.1. The molecule has 3 aromatic carbocycles. The summed E-state index contributed by atoms with van der Waals surface area (Å²) in [4.78, 5) is 27.2. The second kappa shape index (κ2) is 11.5. The molecule has 1 saturated carbocycles. The van der Waals surface area contributed by atoms with Gasteiger partial charge in [-0.15, -0.1) is 0 Å². The van der Waals surface area contributed by atoms with Crippen LogP contribution in [0.2, 0.25) is 0 Å². The molecule has 37 heavy (non-hydrogen) atoms. The van der Waals surface area contributed by atoms with Crippen LogP contribution < -0.4 is 4.90 Å². The van der Waals surface area contributed by atoms with Gasteiger partial charge in [0.15, 0.2) is 0 Å². The van der Waals surface area contributed by atoms with Gasteiger partial charge in [0.05, 0.1) is 18.4 Å². The van der Waals surface area contributed by atoms with E-state index >= 15 is 0 Å². The number of amides is 1. The van der Waals surface area contributed by atoms with Crippen LogP contribution in [0.4, 0.5) is 5.69 Å². The van der Waals surface area contributed by atoms with Crippen molar-refractivity contribution in [1.82, 2.24) is 4.37 Å². The van der Waals surface area contributed by atoms with Crippen LogP contribution in [0.1, 0.15) is 43.2 Å². The number of rotatable bonds is 7. The zero-order chi connectivity index (χ0) is 25.6. The van der Waals surface area contributed by atoms with Gasteiger partial charge in [-0.1, -0.05) is 61.7 Å². The molecule has 6 heteroatoms. The number of carbonyl (C=O) groups is 2. The zero-order valence-corrected chi connectivity index (χ0v) is 21.7. The van der Waals surface area contributed by atoms with Crippen molar-refractivity contribution in [3.8, 4) is 11.1 Å². The van der Waals surface area contributed by atoms with Crippen molar-refractivity contribution in [3.63, 3.8) is 0 Å². The lowest BCUT2D eigenvalue weighted by Crippen LogP contribution is -2.36. The molecular weight excluding hydrogens is 480 g/mol. The minimum atomic E-state index is -0.407. The van der Waals surface area contributed by atoms with Gasteiger partial charge in [-0.3, -0.25) is 4.79 Å². The number of hydrogen-bond acceptors (Lipinski definition) is 5. The standard InChI is InChI=1S/C31H30N2O3S/c1-36-30(34)17-12-22-6-5-9-28(18-22)33(31(35)25-7-3-2-4-8-25)21-23-10-13-24(14-11-23)26-15-16-29-27(19-26)20-32-37-29/h5-6,9-20,25H,2-4,7-8,21H2,1H3/b17-12+. The first-order valence-corrected chi connectivity index (χ1v) is 13.5. The molecule has 1 fully saturated rings. The number of benzene rings is 3. The minimum absolute atomic E-state index is 0.0493. The van der Waals surface area contributed by atoms with E-state index in [1.165, 1.54) is 35.8 Å². The Labute approximate surface area is 221 Å². The molecule has 0 N–H and O–H groups in total. The Kier molecular flexibility index (Phi) is 7.76. The predicted molar refractivity (Wildman–Crippen MR) is 150 cm³/mol. The summed E-state index contributed by atoms with van der Waals surface area (Å²) in [6, 6.07) is 22.6. The molecule has 0 saturated heterocycles. The quantitative estimate of drug-likeness (QED) is 0.194. The van der Waals surface area contributed by atoms with E-state index in [2.05, 4.69) is 46.8 Å². The largest absolute Gasteiger partial charge is 0.466 e. The van der Waals surface area contributed by atoms with Gasteiger partial charge in [0.1, 0.15) is 0 Å². The summed E-state index contributed by atoms with van der Waals surface area (Å²) >= 11 is 1.50. The van der Waals surface area contributed by atoms with Crippen LogP contribution in [0.5, 0.6) is 0 Å². The average molecular weight is 511 g/mol. The van der Waals surface area contributed by atoms with Gasteiger partial charge in [0, 0.05) is 29.3 Å². The first kappa shape index (κ1) is 24.9. The first-order valence-electron chi connectivity index (χ1n) is 12.7. The lowest BCUT2D eigenvalue weighted by Gasteiger charge is -2.30. The van der Waals surface area contributed by atoms with Gasteiger partial charge in [-0.2, -0.15) is 4.37 Å². The van der Waals surface area contributed by atoms with Gasteiger partial charge < -0.3 is 9.64 Å². The maximum atomic E-state index is 13.7. The molecular formula is C31H30N2O3S. The number of nitrogens with zero attached hydrogens (tertiary/aromatic N) is 2. The molecule has 1 aromatic heterocycles. The maximum absolute atomic E-state index is 13.7. The monoisotopic (exact) mass is 510 g/mol. The van der Waals surface area contributed by atoms with Crippen LogP contribution in [-0.2, 0) is 20.9 Å². The molecule has 0 radical (unpaired) electrons. The van der Waals surface area contributed by atoms with Crippen molar-refractivity contribution in [2.24, 2.45) is 5.92 Å². The van der Waals surface area contributed by atoms with Crippen LogP contribution in [0, 0.1) is 5.92 Å². The molecule has 0 spiro atoms. The molecule has 0 aliphatic heterocycles. The smallest absolute Gasteiger partial charge is 0.330 e. The molecule has 1 aliphatic carbocycles. The van der Waals surface area contributed by atoms with Crippen LogP contribution in [0.25, 0.3) is 27.3 Å². The van der Waals surface area contributed by atoms with Crippen LogP contribution in [0.3, 0.4) is 0 Å². The van der Waals surface area contributed by atoms with E-state index in [-0.39, 0.29) is 11.8 Å². The third-order valence-corrected chi connectivity index (χ3v) is 7.78. The molecule has 0 atom stereocenters. The summed E-state index contributed by atoms with van der Waals surface area (Å²) < 4.78 is 10.2. The Morgan fingerprint density at radius 1 is 1.00 bits per heavy atom. The molecule has 5 rings (SSSR count). The van der Waals surface area contributed by atoms with E-state index in [1.807, 2.05) is 35.4 Å². The lowest BCUT2D eigenvalue weighted by molar-refractivity contribution is -0.134.